The van der Waals surface area contributed by atoms with Gasteiger partial charge in [0.05, 0.1) is 0 Å². The van der Waals surface area contributed by atoms with Crippen LogP contribution in [0.4, 0.5) is 0 Å². The van der Waals surface area contributed by atoms with Crippen LogP contribution in [0, 0.1) is 0 Å². The Morgan fingerprint density at radius 1 is 0.383 bits per heavy atom. The van der Waals surface area contributed by atoms with Crippen LogP contribution in [0.1, 0.15) is 31.4 Å². The van der Waals surface area contributed by atoms with E-state index in [0.717, 1.165) is 12.8 Å². The van der Waals surface area contributed by atoms with Gasteiger partial charge in [-0.2, -0.15) is 20.1 Å². The lowest BCUT2D eigenvalue weighted by atomic mass is 9.81. The van der Waals surface area contributed by atoms with Gasteiger partial charge in [-0.05, 0) is 157 Å². The fourth-order valence-electron chi connectivity index (χ4n) is 10.7. The molecule has 2 heterocycles. The van der Waals surface area contributed by atoms with Gasteiger partial charge < -0.3 is 0 Å². The van der Waals surface area contributed by atoms with Crippen LogP contribution in [0.15, 0.2) is 183 Å². The molecule has 2 heteroatoms. The van der Waals surface area contributed by atoms with E-state index in [9.17, 15) is 0 Å². The van der Waals surface area contributed by atoms with Gasteiger partial charge in [-0.3, -0.25) is 0 Å². The Balaban J connectivity index is 0.00000201. The Morgan fingerprint density at radius 3 is 1.70 bits per heavy atom. The summed E-state index contributed by atoms with van der Waals surface area (Å²) in [4.78, 5) is 6.02. The van der Waals surface area contributed by atoms with E-state index in [4.69, 9.17) is 0 Å². The summed E-state index contributed by atoms with van der Waals surface area (Å²) in [6, 6.07) is 60.8. The molecule has 0 N–H and O–H groups in total. The van der Waals surface area contributed by atoms with Crippen LogP contribution in [0.25, 0.3) is 94.0 Å². The lowest BCUT2D eigenvalue weighted by molar-refractivity contribution is 0.986. The van der Waals surface area contributed by atoms with Gasteiger partial charge in [0.15, 0.2) is 0 Å². The molecule has 0 amide bonds. The van der Waals surface area contributed by atoms with Crippen LogP contribution in [0.5, 0.6) is 0 Å². The molecule has 0 atom stereocenters. The smallest absolute Gasteiger partial charge is 0.00368 e. The van der Waals surface area contributed by atoms with Gasteiger partial charge in [-0.25, -0.2) is 0 Å². The largest absolute Gasteiger partial charge is 0.192 e. The highest BCUT2D eigenvalue weighted by Crippen LogP contribution is 2.73. The number of benzene rings is 9. The maximum Gasteiger partial charge on any atom is 0.00368 e. The number of rotatable bonds is 3. The highest BCUT2D eigenvalue weighted by atomic mass is 32.3. The third kappa shape index (κ3) is 5.27. The molecule has 1 aliphatic carbocycles. The van der Waals surface area contributed by atoms with Crippen molar-refractivity contribution in [3.8, 4) is 55.6 Å². The van der Waals surface area contributed by atoms with Crippen LogP contribution >= 0.6 is 20.1 Å². The van der Waals surface area contributed by atoms with Gasteiger partial charge in [0, 0.05) is 36.1 Å². The first-order valence-corrected chi connectivity index (χ1v) is 26.3. The average Bonchev–Trinajstić information content (AvgIpc) is 3.68. The normalized spacial score (nSPS) is 16.0. The molecule has 0 nitrogen and oxygen atoms in total. The van der Waals surface area contributed by atoms with E-state index in [1.165, 1.54) is 119 Å². The van der Waals surface area contributed by atoms with Crippen LogP contribution < -0.4 is 0 Å². The van der Waals surface area contributed by atoms with E-state index in [0.29, 0.717) is 0 Å². The maximum atomic E-state index is 2.63. The van der Waals surface area contributed by atoms with Crippen molar-refractivity contribution >= 4 is 58.4 Å². The molecular weight excluding hydrogens is 761 g/mol. The molecule has 0 fully saturated rings. The zero-order valence-corrected chi connectivity index (χ0v) is 37.0. The molecule has 60 heavy (non-hydrogen) atoms. The topological polar surface area (TPSA) is 0 Å². The summed E-state index contributed by atoms with van der Waals surface area (Å²) < 4.78 is 0. The van der Waals surface area contributed by atoms with Crippen LogP contribution in [-0.4, -0.2) is 25.0 Å². The second-order valence-electron chi connectivity index (χ2n) is 17.1. The molecule has 0 radical (unpaired) electrons. The Bertz CT molecular complexity index is 3250. The second kappa shape index (κ2) is 13.9. The molecule has 3 aliphatic rings. The Kier molecular flexibility index (Phi) is 8.61. The second-order valence-corrected chi connectivity index (χ2v) is 24.1. The molecule has 9 aromatic rings. The molecule has 0 unspecified atom stereocenters. The molecule has 0 aromatic heterocycles. The number of hydrogen-bond donors (Lipinski definition) is 0. The van der Waals surface area contributed by atoms with Crippen LogP contribution in [-0.2, 0) is 6.42 Å². The number of hydrogen-bond acceptors (Lipinski definition) is 0. The summed E-state index contributed by atoms with van der Waals surface area (Å²) in [5.74, 6) is 0. The predicted molar refractivity (Wildman–Crippen MR) is 267 cm³/mol. The fourth-order valence-corrected chi connectivity index (χ4v) is 15.7. The quantitative estimate of drug-likeness (QED) is 0.156. The first-order valence-electron chi connectivity index (χ1n) is 21.4. The SMILES string of the molecule is CC.CS1(C)c2ccccc2-c2c1ccc1c(-c3c4ccccc4c(-c4ccc5c(c4)C=CCC5)c4cc(-c5ccccc5)ccc34)cc3c(c21)-c1ccccc1S3(C)C. The Hall–Kier alpha value is -5.80. The molecule has 12 rings (SSSR count). The fraction of sp³-hybridized carbons (Fsp3) is 0.138. The highest BCUT2D eigenvalue weighted by Gasteiger charge is 2.39. The third-order valence-corrected chi connectivity index (χ3v) is 19.2. The zero-order chi connectivity index (χ0) is 40.9. The van der Waals surface area contributed by atoms with E-state index in [1.54, 1.807) is 0 Å². The van der Waals surface area contributed by atoms with Crippen molar-refractivity contribution in [1.82, 2.24) is 0 Å². The number of aryl methyl sites for hydroxylation is 1. The Labute approximate surface area is 358 Å². The van der Waals surface area contributed by atoms with Gasteiger partial charge in [-0.1, -0.05) is 147 Å². The summed E-state index contributed by atoms with van der Waals surface area (Å²) in [5.41, 5.74) is 16.3. The molecule has 0 saturated heterocycles. The minimum Gasteiger partial charge on any atom is -0.192 e. The molecule has 0 bridgehead atoms. The summed E-state index contributed by atoms with van der Waals surface area (Å²) in [7, 11) is -2.52. The zero-order valence-electron chi connectivity index (χ0n) is 35.4. The van der Waals surface area contributed by atoms with Crippen molar-refractivity contribution in [2.75, 3.05) is 25.0 Å². The highest BCUT2D eigenvalue weighted by molar-refractivity contribution is 8.33. The summed E-state index contributed by atoms with van der Waals surface area (Å²) >= 11 is 0. The minimum atomic E-state index is -1.32. The molecule has 0 spiro atoms. The van der Waals surface area contributed by atoms with Gasteiger partial charge >= 0.3 is 0 Å². The lowest BCUT2D eigenvalue weighted by Gasteiger charge is -2.30. The number of allylic oxidation sites excluding steroid dienone is 1. The molecule has 9 aromatic carbocycles. The molecular formula is C58H50S2. The van der Waals surface area contributed by atoms with Gasteiger partial charge in [0.1, 0.15) is 0 Å². The van der Waals surface area contributed by atoms with Crippen molar-refractivity contribution < 1.29 is 0 Å². The van der Waals surface area contributed by atoms with E-state index < -0.39 is 20.1 Å². The van der Waals surface area contributed by atoms with Crippen molar-refractivity contribution in [3.63, 3.8) is 0 Å². The monoisotopic (exact) mass is 810 g/mol. The van der Waals surface area contributed by atoms with Crippen molar-refractivity contribution in [2.45, 2.75) is 46.3 Å². The van der Waals surface area contributed by atoms with Crippen LogP contribution in [0.3, 0.4) is 0 Å². The minimum absolute atomic E-state index is 1.10. The maximum absolute atomic E-state index is 2.63. The third-order valence-electron chi connectivity index (χ3n) is 13.5. The molecule has 2 aliphatic heterocycles. The van der Waals surface area contributed by atoms with Crippen molar-refractivity contribution in [2.24, 2.45) is 0 Å². The lowest BCUT2D eigenvalue weighted by Crippen LogP contribution is -1.98. The molecule has 294 valence electrons. The average molecular weight is 811 g/mol. The standard InChI is InChI=1S/C56H44S2.C2H6/c1-57(2)48-24-14-12-22-44(48)54-50(57)31-30-43-47(34-51-55(56(43)54)45-23-13-15-25-49(45)58(51,3)4)53-41-21-11-10-20-40(41)52(39-27-26-36-18-8-9-19-37(36)32-39)46-33-38(28-29-42(46)53)35-16-6-5-7-17-35;1-2/h5-7,9-17,19-34H,8,18H2,1-4H3;1-2H3. The van der Waals surface area contributed by atoms with E-state index in [1.807, 2.05) is 13.8 Å². The van der Waals surface area contributed by atoms with Crippen molar-refractivity contribution in [1.29, 1.82) is 0 Å². The Morgan fingerprint density at radius 2 is 0.967 bits per heavy atom. The van der Waals surface area contributed by atoms with Crippen molar-refractivity contribution in [3.05, 3.63) is 175 Å². The first kappa shape index (κ1) is 37.2. The molecule has 0 saturated carbocycles. The van der Waals surface area contributed by atoms with E-state index in [-0.39, 0.29) is 0 Å². The summed E-state index contributed by atoms with van der Waals surface area (Å²) in [5, 5.41) is 8.00. The van der Waals surface area contributed by atoms with E-state index >= 15 is 0 Å². The van der Waals surface area contributed by atoms with Gasteiger partial charge in [-0.15, -0.1) is 0 Å². The predicted octanol–water partition coefficient (Wildman–Crippen LogP) is 17.1. The van der Waals surface area contributed by atoms with Gasteiger partial charge in [0.25, 0.3) is 0 Å². The number of fused-ring (bicyclic) bond motifs is 12. The van der Waals surface area contributed by atoms with Gasteiger partial charge in [0.2, 0.25) is 0 Å². The summed E-state index contributed by atoms with van der Waals surface area (Å²) in [6.45, 7) is 4.00. The first-order chi connectivity index (χ1) is 29.3. The van der Waals surface area contributed by atoms with Crippen LogP contribution in [0.2, 0.25) is 0 Å². The summed E-state index contributed by atoms with van der Waals surface area (Å²) in [6.07, 6.45) is 16.9. The van der Waals surface area contributed by atoms with E-state index in [2.05, 4.69) is 195 Å².